The summed E-state index contributed by atoms with van der Waals surface area (Å²) in [4.78, 5) is 30.2. The smallest absolute Gasteiger partial charge is 0.325 e. The normalized spacial score (nSPS) is 20.4. The molecule has 0 unspecified atom stereocenters. The molecule has 10 heteroatoms. The fraction of sp³-hybridized carbons (Fsp3) is 0.417. The summed E-state index contributed by atoms with van der Waals surface area (Å²) in [6, 6.07) is 7.67. The van der Waals surface area contributed by atoms with Gasteiger partial charge >= 0.3 is 6.03 Å². The van der Waals surface area contributed by atoms with Crippen molar-refractivity contribution in [2.45, 2.75) is 38.3 Å². The Morgan fingerprint density at radius 3 is 2.76 bits per heavy atom. The Bertz CT molecular complexity index is 1250. The molecule has 1 aliphatic carbocycles. The number of likely N-dealkylation sites (N-methyl/N-ethyl adjacent to an activating group) is 1. The van der Waals surface area contributed by atoms with Crippen molar-refractivity contribution < 1.29 is 14.3 Å². The summed E-state index contributed by atoms with van der Waals surface area (Å²) >= 11 is 0. The van der Waals surface area contributed by atoms with Crippen LogP contribution in [0.4, 0.5) is 16.6 Å². The number of rotatable bonds is 6. The van der Waals surface area contributed by atoms with Crippen LogP contribution in [0.3, 0.4) is 0 Å². The number of amides is 2. The number of ether oxygens (including phenoxy) is 2. The maximum absolute atomic E-state index is 12.8. The van der Waals surface area contributed by atoms with Gasteiger partial charge in [0.25, 0.3) is 0 Å². The second-order valence-electron chi connectivity index (χ2n) is 9.49. The molecule has 0 radical (unpaired) electrons. The predicted molar refractivity (Wildman–Crippen MR) is 125 cm³/mol. The molecular formula is C24H27N7O3. The Morgan fingerprint density at radius 2 is 1.97 bits per heavy atom. The van der Waals surface area contributed by atoms with E-state index in [0.29, 0.717) is 24.2 Å². The lowest BCUT2D eigenvalue weighted by Crippen LogP contribution is -2.38. The second-order valence-corrected chi connectivity index (χ2v) is 9.49. The average Bonchev–Trinajstić information content (AvgIpc) is 3.19. The minimum atomic E-state index is -0.316. The molecule has 176 valence electrons. The van der Waals surface area contributed by atoms with Gasteiger partial charge in [0, 0.05) is 32.1 Å². The second kappa shape index (κ2) is 7.61. The molecule has 2 amide bonds. The van der Waals surface area contributed by atoms with Crippen molar-refractivity contribution in [2.24, 2.45) is 5.92 Å². The molecule has 2 fully saturated rings. The number of nitrogens with zero attached hydrogens (tertiary/aromatic N) is 6. The van der Waals surface area contributed by atoms with Crippen LogP contribution < -0.4 is 19.7 Å². The Balaban J connectivity index is 1.24. The van der Waals surface area contributed by atoms with Crippen LogP contribution in [0, 0.1) is 5.92 Å². The summed E-state index contributed by atoms with van der Waals surface area (Å²) < 4.78 is 12.9. The maximum atomic E-state index is 12.8. The molecule has 1 N–H and O–H groups in total. The number of benzene rings is 1. The summed E-state index contributed by atoms with van der Waals surface area (Å²) in [6.45, 7) is 5.18. The molecule has 34 heavy (non-hydrogen) atoms. The van der Waals surface area contributed by atoms with Crippen LogP contribution in [0.1, 0.15) is 32.4 Å². The quantitative estimate of drug-likeness (QED) is 0.601. The van der Waals surface area contributed by atoms with Crippen molar-refractivity contribution >= 4 is 17.8 Å². The van der Waals surface area contributed by atoms with Crippen LogP contribution in [0.5, 0.6) is 11.5 Å². The van der Waals surface area contributed by atoms with Gasteiger partial charge in [-0.25, -0.2) is 14.8 Å². The molecule has 2 aromatic heterocycles. The number of hydrogen-bond donors (Lipinski definition) is 1. The van der Waals surface area contributed by atoms with E-state index in [9.17, 15) is 4.79 Å². The number of anilines is 2. The van der Waals surface area contributed by atoms with Crippen LogP contribution in [0.2, 0.25) is 0 Å². The summed E-state index contributed by atoms with van der Waals surface area (Å²) in [6.07, 6.45) is 7.39. The van der Waals surface area contributed by atoms with Crippen molar-refractivity contribution in [1.82, 2.24) is 24.4 Å². The first kappa shape index (κ1) is 20.8. The highest BCUT2D eigenvalue weighted by molar-refractivity contribution is 5.94. The van der Waals surface area contributed by atoms with E-state index in [0.717, 1.165) is 35.7 Å². The lowest BCUT2D eigenvalue weighted by Gasteiger charge is -2.25. The zero-order chi connectivity index (χ0) is 23.4. The van der Waals surface area contributed by atoms with Gasteiger partial charge in [0.05, 0.1) is 29.3 Å². The van der Waals surface area contributed by atoms with Crippen molar-refractivity contribution in [1.29, 1.82) is 0 Å². The highest BCUT2D eigenvalue weighted by Crippen LogP contribution is 2.47. The minimum Gasteiger partial charge on any atom is -0.454 e. The SMILES string of the molecule is CC(C)[C@H]1CN(C)C(=O)N1c1ccnc(NC2(c3cn(-c4ccc5c(c4)OCO5)cn3)CC2)n1. The summed E-state index contributed by atoms with van der Waals surface area (Å²) in [7, 11) is 1.83. The summed E-state index contributed by atoms with van der Waals surface area (Å²) in [5, 5.41) is 3.49. The van der Waals surface area contributed by atoms with Gasteiger partial charge in [0.1, 0.15) is 5.82 Å². The summed E-state index contributed by atoms with van der Waals surface area (Å²) in [5.41, 5.74) is 1.56. The van der Waals surface area contributed by atoms with Crippen LogP contribution >= 0.6 is 0 Å². The fourth-order valence-electron chi connectivity index (χ4n) is 4.63. The molecule has 1 saturated heterocycles. The number of hydrogen-bond acceptors (Lipinski definition) is 7. The molecular weight excluding hydrogens is 434 g/mol. The van der Waals surface area contributed by atoms with Crippen molar-refractivity contribution in [3.63, 3.8) is 0 Å². The molecule has 1 aromatic carbocycles. The molecule has 2 aliphatic heterocycles. The predicted octanol–water partition coefficient (Wildman–Crippen LogP) is 3.39. The summed E-state index contributed by atoms with van der Waals surface area (Å²) in [5.74, 6) is 2.92. The van der Waals surface area contributed by atoms with Gasteiger partial charge in [-0.2, -0.15) is 4.98 Å². The molecule has 0 spiro atoms. The molecule has 4 heterocycles. The highest BCUT2D eigenvalue weighted by Gasteiger charge is 2.47. The number of urea groups is 1. The highest BCUT2D eigenvalue weighted by atomic mass is 16.7. The first-order valence-electron chi connectivity index (χ1n) is 11.5. The van der Waals surface area contributed by atoms with Gasteiger partial charge in [-0.15, -0.1) is 0 Å². The third kappa shape index (κ3) is 3.41. The van der Waals surface area contributed by atoms with Crippen LogP contribution in [0.15, 0.2) is 43.0 Å². The first-order valence-corrected chi connectivity index (χ1v) is 11.5. The average molecular weight is 462 g/mol. The fourth-order valence-corrected chi connectivity index (χ4v) is 4.63. The molecule has 3 aromatic rings. The van der Waals surface area contributed by atoms with Gasteiger partial charge in [-0.1, -0.05) is 13.8 Å². The monoisotopic (exact) mass is 461 g/mol. The molecule has 0 bridgehead atoms. The first-order chi connectivity index (χ1) is 16.4. The number of aromatic nitrogens is 4. The van der Waals surface area contributed by atoms with Gasteiger partial charge in [-0.05, 0) is 37.0 Å². The lowest BCUT2D eigenvalue weighted by molar-refractivity contribution is 0.174. The largest absolute Gasteiger partial charge is 0.454 e. The molecule has 1 atom stereocenters. The maximum Gasteiger partial charge on any atom is 0.325 e. The van der Waals surface area contributed by atoms with E-state index < -0.39 is 0 Å². The molecule has 6 rings (SSSR count). The Morgan fingerprint density at radius 1 is 1.15 bits per heavy atom. The van der Waals surface area contributed by atoms with E-state index in [1.807, 2.05) is 36.0 Å². The number of carbonyl (C=O) groups excluding carboxylic acids is 1. The molecule has 1 saturated carbocycles. The van der Waals surface area contributed by atoms with E-state index in [1.165, 1.54) is 0 Å². The van der Waals surface area contributed by atoms with Crippen LogP contribution in [-0.4, -0.2) is 56.9 Å². The van der Waals surface area contributed by atoms with Crippen molar-refractivity contribution in [2.75, 3.05) is 30.6 Å². The number of imidazole rings is 1. The van der Waals surface area contributed by atoms with E-state index in [1.54, 1.807) is 28.4 Å². The topological polar surface area (TPSA) is 97.6 Å². The number of fused-ring (bicyclic) bond motifs is 1. The van der Waals surface area contributed by atoms with E-state index in [2.05, 4.69) is 29.1 Å². The van der Waals surface area contributed by atoms with Crippen molar-refractivity contribution in [3.8, 4) is 17.2 Å². The van der Waals surface area contributed by atoms with E-state index >= 15 is 0 Å². The van der Waals surface area contributed by atoms with Gasteiger partial charge in [0.15, 0.2) is 11.5 Å². The Hall–Kier alpha value is -3.82. The van der Waals surface area contributed by atoms with Crippen molar-refractivity contribution in [3.05, 3.63) is 48.7 Å². The van der Waals surface area contributed by atoms with Gasteiger partial charge < -0.3 is 24.3 Å². The van der Waals surface area contributed by atoms with E-state index in [-0.39, 0.29) is 24.4 Å². The molecule has 10 nitrogen and oxygen atoms in total. The third-order valence-corrected chi connectivity index (χ3v) is 6.81. The van der Waals surface area contributed by atoms with E-state index in [4.69, 9.17) is 14.5 Å². The Labute approximate surface area is 197 Å². The number of nitrogens with one attached hydrogen (secondary N) is 1. The zero-order valence-electron chi connectivity index (χ0n) is 19.4. The van der Waals surface area contributed by atoms with Crippen LogP contribution in [0.25, 0.3) is 5.69 Å². The third-order valence-electron chi connectivity index (χ3n) is 6.81. The van der Waals surface area contributed by atoms with Gasteiger partial charge in [0.2, 0.25) is 12.7 Å². The Kier molecular flexibility index (Phi) is 4.65. The molecule has 3 aliphatic rings. The van der Waals surface area contributed by atoms with Crippen LogP contribution in [-0.2, 0) is 5.54 Å². The van der Waals surface area contributed by atoms with Gasteiger partial charge in [-0.3, -0.25) is 4.90 Å². The minimum absolute atomic E-state index is 0.0352. The zero-order valence-corrected chi connectivity index (χ0v) is 19.4. The lowest BCUT2D eigenvalue weighted by atomic mass is 10.0. The standard InChI is InChI=1S/C24H27N7O3/c1-15(2)17-11-29(3)23(32)31(17)21-6-9-25-22(27-21)28-24(7-8-24)20-12-30(13-26-20)16-4-5-18-19(10-16)34-14-33-18/h4-6,9-10,12-13,15,17H,7-8,11,14H2,1-3H3,(H,25,27,28)/t17-/m1/s1. The number of carbonyl (C=O) groups is 1.